The van der Waals surface area contributed by atoms with Crippen molar-refractivity contribution in [3.8, 4) is 0 Å². The molecule has 1 atom stereocenters. The molecule has 19 heavy (non-hydrogen) atoms. The lowest BCUT2D eigenvalue weighted by molar-refractivity contribution is 0.313. The summed E-state index contributed by atoms with van der Waals surface area (Å²) in [5.74, 6) is 1.55. The first kappa shape index (κ1) is 14.8. The minimum atomic E-state index is 0.742. The van der Waals surface area contributed by atoms with Crippen molar-refractivity contribution < 1.29 is 0 Å². The minimum absolute atomic E-state index is 0.742. The van der Waals surface area contributed by atoms with Gasteiger partial charge in [0.05, 0.1) is 0 Å². The fraction of sp³-hybridized carbons (Fsp3) is 0.625. The third kappa shape index (κ3) is 5.13. The Hall–Kier alpha value is -0.570. The van der Waals surface area contributed by atoms with Crippen LogP contribution in [-0.2, 0) is 6.54 Å². The number of hydrogen-bond donors (Lipinski definition) is 1. The molecule has 0 radical (unpaired) electrons. The molecule has 1 fully saturated rings. The number of hydrogen-bond acceptors (Lipinski definition) is 2. The molecule has 1 aliphatic heterocycles. The van der Waals surface area contributed by atoms with E-state index in [9.17, 15) is 0 Å². The molecule has 0 aliphatic carbocycles. The Morgan fingerprint density at radius 1 is 1.32 bits per heavy atom. The lowest BCUT2D eigenvalue weighted by atomic mass is 10.1. The van der Waals surface area contributed by atoms with Gasteiger partial charge in [0, 0.05) is 18.1 Å². The quantitative estimate of drug-likeness (QED) is 0.859. The van der Waals surface area contributed by atoms with E-state index in [1.807, 2.05) is 12.1 Å². The minimum Gasteiger partial charge on any atom is -0.316 e. The summed E-state index contributed by atoms with van der Waals surface area (Å²) in [6.07, 6.45) is 1.32. The van der Waals surface area contributed by atoms with Crippen LogP contribution in [0.2, 0.25) is 5.02 Å². The van der Waals surface area contributed by atoms with Gasteiger partial charge in [-0.1, -0.05) is 37.6 Å². The van der Waals surface area contributed by atoms with Gasteiger partial charge in [-0.3, -0.25) is 4.90 Å². The van der Waals surface area contributed by atoms with Gasteiger partial charge >= 0.3 is 0 Å². The maximum atomic E-state index is 5.91. The zero-order chi connectivity index (χ0) is 13.7. The molecule has 1 aromatic carbocycles. The predicted molar refractivity (Wildman–Crippen MR) is 82.5 cm³/mol. The Bertz CT molecular complexity index is 375. The van der Waals surface area contributed by atoms with E-state index in [-0.39, 0.29) is 0 Å². The second-order valence-electron chi connectivity index (χ2n) is 6.07. The summed E-state index contributed by atoms with van der Waals surface area (Å²) in [6, 6.07) is 8.22. The fourth-order valence-corrected chi connectivity index (χ4v) is 2.77. The molecule has 0 bridgehead atoms. The summed E-state index contributed by atoms with van der Waals surface area (Å²) >= 11 is 5.91. The lowest BCUT2D eigenvalue weighted by Crippen LogP contribution is -2.28. The molecule has 1 unspecified atom stereocenters. The van der Waals surface area contributed by atoms with Gasteiger partial charge in [0.2, 0.25) is 0 Å². The highest BCUT2D eigenvalue weighted by Gasteiger charge is 2.21. The van der Waals surface area contributed by atoms with E-state index in [2.05, 4.69) is 36.2 Å². The average Bonchev–Trinajstić information content (AvgIpc) is 2.79. The number of rotatable bonds is 6. The van der Waals surface area contributed by atoms with Gasteiger partial charge in [-0.2, -0.15) is 0 Å². The van der Waals surface area contributed by atoms with Crippen LogP contribution >= 0.6 is 11.6 Å². The van der Waals surface area contributed by atoms with Crippen molar-refractivity contribution in [2.75, 3.05) is 26.2 Å². The van der Waals surface area contributed by atoms with E-state index in [1.165, 1.54) is 25.1 Å². The predicted octanol–water partition coefficient (Wildman–Crippen LogP) is 3.41. The van der Waals surface area contributed by atoms with E-state index in [0.717, 1.165) is 36.5 Å². The fourth-order valence-electron chi connectivity index (χ4n) is 2.65. The second kappa shape index (κ2) is 7.28. The Morgan fingerprint density at radius 2 is 2.05 bits per heavy atom. The third-order valence-corrected chi connectivity index (χ3v) is 3.93. The highest BCUT2D eigenvalue weighted by Crippen LogP contribution is 2.19. The van der Waals surface area contributed by atoms with Crippen LogP contribution in [0.5, 0.6) is 0 Å². The zero-order valence-electron chi connectivity index (χ0n) is 12.0. The van der Waals surface area contributed by atoms with Gasteiger partial charge in [-0.05, 0) is 55.6 Å². The first-order chi connectivity index (χ1) is 9.13. The first-order valence-corrected chi connectivity index (χ1v) is 7.69. The highest BCUT2D eigenvalue weighted by atomic mass is 35.5. The molecule has 0 saturated carbocycles. The van der Waals surface area contributed by atoms with E-state index in [4.69, 9.17) is 11.6 Å². The molecule has 1 saturated heterocycles. The first-order valence-electron chi connectivity index (χ1n) is 7.31. The summed E-state index contributed by atoms with van der Waals surface area (Å²) in [7, 11) is 0. The number of nitrogens with one attached hydrogen (secondary N) is 1. The van der Waals surface area contributed by atoms with Crippen LogP contribution in [0.3, 0.4) is 0 Å². The molecule has 3 heteroatoms. The van der Waals surface area contributed by atoms with Gasteiger partial charge in [0.1, 0.15) is 0 Å². The van der Waals surface area contributed by atoms with E-state index in [0.29, 0.717) is 0 Å². The van der Waals surface area contributed by atoms with Crippen molar-refractivity contribution in [2.24, 2.45) is 11.8 Å². The molecule has 2 nitrogen and oxygen atoms in total. The molecule has 0 amide bonds. The van der Waals surface area contributed by atoms with Gasteiger partial charge < -0.3 is 5.32 Å². The van der Waals surface area contributed by atoms with E-state index >= 15 is 0 Å². The maximum absolute atomic E-state index is 5.91. The van der Waals surface area contributed by atoms with Crippen molar-refractivity contribution in [3.05, 3.63) is 34.9 Å². The molecule has 0 aromatic heterocycles. The van der Waals surface area contributed by atoms with Gasteiger partial charge in [-0.25, -0.2) is 0 Å². The van der Waals surface area contributed by atoms with Crippen molar-refractivity contribution in [2.45, 2.75) is 26.8 Å². The highest BCUT2D eigenvalue weighted by molar-refractivity contribution is 6.30. The van der Waals surface area contributed by atoms with Crippen molar-refractivity contribution in [1.82, 2.24) is 10.2 Å². The Kier molecular flexibility index (Phi) is 5.68. The van der Waals surface area contributed by atoms with E-state index < -0.39 is 0 Å². The van der Waals surface area contributed by atoms with Crippen LogP contribution in [0, 0.1) is 11.8 Å². The van der Waals surface area contributed by atoms with Crippen molar-refractivity contribution >= 4 is 11.6 Å². The number of nitrogens with zero attached hydrogens (tertiary/aromatic N) is 1. The molecule has 1 aromatic rings. The Balaban J connectivity index is 1.71. The smallest absolute Gasteiger partial charge is 0.0406 e. The monoisotopic (exact) mass is 280 g/mol. The third-order valence-electron chi connectivity index (χ3n) is 3.68. The summed E-state index contributed by atoms with van der Waals surface area (Å²) < 4.78 is 0. The topological polar surface area (TPSA) is 15.3 Å². The van der Waals surface area contributed by atoms with Crippen LogP contribution in [0.1, 0.15) is 25.8 Å². The molecule has 106 valence electrons. The van der Waals surface area contributed by atoms with Gasteiger partial charge in [0.25, 0.3) is 0 Å². The standard InChI is InChI=1S/C16H25ClN2/c1-13(2)9-18-10-15-7-8-19(12-15)11-14-3-5-16(17)6-4-14/h3-6,13,15,18H,7-12H2,1-2H3. The Labute approximate surface area is 122 Å². The van der Waals surface area contributed by atoms with Gasteiger partial charge in [0.15, 0.2) is 0 Å². The number of benzene rings is 1. The molecule has 2 rings (SSSR count). The largest absolute Gasteiger partial charge is 0.316 e. The summed E-state index contributed by atoms with van der Waals surface area (Å²) in [6.45, 7) is 10.3. The molecular formula is C16H25ClN2. The van der Waals surface area contributed by atoms with Crippen LogP contribution in [0.4, 0.5) is 0 Å². The summed E-state index contributed by atoms with van der Waals surface area (Å²) in [5, 5.41) is 4.39. The van der Waals surface area contributed by atoms with Crippen LogP contribution in [0.15, 0.2) is 24.3 Å². The SMILES string of the molecule is CC(C)CNCC1CCN(Cc2ccc(Cl)cc2)C1. The molecule has 1 heterocycles. The maximum Gasteiger partial charge on any atom is 0.0406 e. The second-order valence-corrected chi connectivity index (χ2v) is 6.50. The van der Waals surface area contributed by atoms with Crippen LogP contribution in [0.25, 0.3) is 0 Å². The summed E-state index contributed by atoms with van der Waals surface area (Å²) in [5.41, 5.74) is 1.36. The van der Waals surface area contributed by atoms with Crippen molar-refractivity contribution in [1.29, 1.82) is 0 Å². The van der Waals surface area contributed by atoms with Crippen LogP contribution in [-0.4, -0.2) is 31.1 Å². The molecule has 1 N–H and O–H groups in total. The molecular weight excluding hydrogens is 256 g/mol. The number of likely N-dealkylation sites (tertiary alicyclic amines) is 1. The number of halogens is 1. The zero-order valence-corrected chi connectivity index (χ0v) is 12.8. The molecule has 0 spiro atoms. The van der Waals surface area contributed by atoms with E-state index in [1.54, 1.807) is 0 Å². The Morgan fingerprint density at radius 3 is 2.74 bits per heavy atom. The molecule has 1 aliphatic rings. The summed E-state index contributed by atoms with van der Waals surface area (Å²) in [4.78, 5) is 2.55. The van der Waals surface area contributed by atoms with Crippen LogP contribution < -0.4 is 5.32 Å². The van der Waals surface area contributed by atoms with Crippen molar-refractivity contribution in [3.63, 3.8) is 0 Å². The lowest BCUT2D eigenvalue weighted by Gasteiger charge is -2.17. The van der Waals surface area contributed by atoms with Gasteiger partial charge in [-0.15, -0.1) is 0 Å². The normalized spacial score (nSPS) is 20.3. The average molecular weight is 281 g/mol.